The molecule has 0 aliphatic rings. The predicted octanol–water partition coefficient (Wildman–Crippen LogP) is 4.55. The van der Waals surface area contributed by atoms with Gasteiger partial charge in [-0.1, -0.05) is 23.8 Å². The molecule has 0 fully saturated rings. The molecule has 5 nitrogen and oxygen atoms in total. The average Bonchev–Trinajstić information content (AvgIpc) is 2.64. The number of hydrogen-bond acceptors (Lipinski definition) is 4. The van der Waals surface area contributed by atoms with E-state index >= 15 is 0 Å². The standard InChI is InChI=1S/C20H20N2O3S/c1-15-6-12-20(13-7-15)26(23,24)22-17-10-8-16(9-11-17)21-18-4-3-5-19(14-18)25-2/h3-14,21-22H,1-2H3. The molecule has 0 spiro atoms. The minimum Gasteiger partial charge on any atom is -0.497 e. The smallest absolute Gasteiger partial charge is 0.261 e. The van der Waals surface area contributed by atoms with E-state index < -0.39 is 10.0 Å². The van der Waals surface area contributed by atoms with E-state index in [0.717, 1.165) is 22.7 Å². The number of anilines is 3. The molecular formula is C20H20N2O3S. The van der Waals surface area contributed by atoms with Crippen molar-refractivity contribution in [2.45, 2.75) is 11.8 Å². The Morgan fingerprint density at radius 2 is 1.46 bits per heavy atom. The number of benzene rings is 3. The molecule has 0 saturated heterocycles. The van der Waals surface area contributed by atoms with Crippen LogP contribution in [0.2, 0.25) is 0 Å². The van der Waals surface area contributed by atoms with Crippen molar-refractivity contribution < 1.29 is 13.2 Å². The summed E-state index contributed by atoms with van der Waals surface area (Å²) in [5, 5.41) is 3.25. The third-order valence-corrected chi connectivity index (χ3v) is 5.22. The zero-order chi connectivity index (χ0) is 18.6. The number of aryl methyl sites for hydroxylation is 1. The summed E-state index contributed by atoms with van der Waals surface area (Å²) in [4.78, 5) is 0.238. The summed E-state index contributed by atoms with van der Waals surface area (Å²) in [6, 6.07) is 21.4. The second kappa shape index (κ2) is 7.49. The van der Waals surface area contributed by atoms with E-state index in [1.54, 1.807) is 43.5 Å². The molecule has 3 rings (SSSR count). The van der Waals surface area contributed by atoms with Crippen LogP contribution in [0.15, 0.2) is 77.7 Å². The molecule has 0 aliphatic carbocycles. The van der Waals surface area contributed by atoms with E-state index in [0.29, 0.717) is 5.69 Å². The minimum absolute atomic E-state index is 0.238. The number of ether oxygens (including phenoxy) is 1. The summed E-state index contributed by atoms with van der Waals surface area (Å²) >= 11 is 0. The van der Waals surface area contributed by atoms with Gasteiger partial charge in [-0.15, -0.1) is 0 Å². The van der Waals surface area contributed by atoms with Crippen LogP contribution in [0, 0.1) is 6.92 Å². The normalized spacial score (nSPS) is 11.0. The van der Waals surface area contributed by atoms with Crippen molar-refractivity contribution in [1.29, 1.82) is 0 Å². The van der Waals surface area contributed by atoms with Crippen LogP contribution in [0.1, 0.15) is 5.56 Å². The second-order valence-electron chi connectivity index (χ2n) is 5.85. The molecule has 0 amide bonds. The topological polar surface area (TPSA) is 67.4 Å². The number of sulfonamides is 1. The Labute approximate surface area is 153 Å². The molecule has 3 aromatic rings. The lowest BCUT2D eigenvalue weighted by Crippen LogP contribution is -2.12. The molecule has 0 atom stereocenters. The van der Waals surface area contributed by atoms with E-state index in [4.69, 9.17) is 4.74 Å². The first-order chi connectivity index (χ1) is 12.5. The molecule has 3 aromatic carbocycles. The Bertz CT molecular complexity index is 982. The summed E-state index contributed by atoms with van der Waals surface area (Å²) in [5.41, 5.74) is 3.24. The molecule has 0 saturated carbocycles. The Morgan fingerprint density at radius 1 is 0.808 bits per heavy atom. The van der Waals surface area contributed by atoms with Gasteiger partial charge < -0.3 is 10.1 Å². The van der Waals surface area contributed by atoms with Crippen LogP contribution in [0.4, 0.5) is 17.1 Å². The van der Waals surface area contributed by atoms with Crippen LogP contribution >= 0.6 is 0 Å². The van der Waals surface area contributed by atoms with E-state index in [1.165, 1.54) is 0 Å². The van der Waals surface area contributed by atoms with Crippen LogP contribution in [-0.4, -0.2) is 15.5 Å². The first-order valence-electron chi connectivity index (χ1n) is 8.07. The molecule has 0 bridgehead atoms. The molecule has 0 heterocycles. The summed E-state index contributed by atoms with van der Waals surface area (Å²) in [7, 11) is -1.98. The van der Waals surface area contributed by atoms with E-state index in [9.17, 15) is 8.42 Å². The van der Waals surface area contributed by atoms with Crippen molar-refractivity contribution in [3.8, 4) is 5.75 Å². The van der Waals surface area contributed by atoms with E-state index in [1.807, 2.05) is 43.3 Å². The zero-order valence-corrected chi connectivity index (χ0v) is 15.4. The highest BCUT2D eigenvalue weighted by molar-refractivity contribution is 7.92. The van der Waals surface area contributed by atoms with Crippen LogP contribution in [0.25, 0.3) is 0 Å². The molecule has 26 heavy (non-hydrogen) atoms. The average molecular weight is 368 g/mol. The van der Waals surface area contributed by atoms with Gasteiger partial charge in [0.05, 0.1) is 12.0 Å². The van der Waals surface area contributed by atoms with Gasteiger partial charge in [0, 0.05) is 23.1 Å². The largest absolute Gasteiger partial charge is 0.497 e. The monoisotopic (exact) mass is 368 g/mol. The van der Waals surface area contributed by atoms with Crippen molar-refractivity contribution in [2.24, 2.45) is 0 Å². The SMILES string of the molecule is COc1cccc(Nc2ccc(NS(=O)(=O)c3ccc(C)cc3)cc2)c1. The molecule has 0 aliphatic heterocycles. The van der Waals surface area contributed by atoms with Gasteiger partial charge in [0.1, 0.15) is 5.75 Å². The Hall–Kier alpha value is -2.99. The summed E-state index contributed by atoms with van der Waals surface area (Å²) in [6.07, 6.45) is 0. The fourth-order valence-electron chi connectivity index (χ4n) is 2.42. The van der Waals surface area contributed by atoms with Gasteiger partial charge in [-0.25, -0.2) is 8.42 Å². The number of hydrogen-bond donors (Lipinski definition) is 2. The Balaban J connectivity index is 1.72. The predicted molar refractivity (Wildman–Crippen MR) is 105 cm³/mol. The summed E-state index contributed by atoms with van der Waals surface area (Å²) < 4.78 is 32.6. The molecule has 134 valence electrons. The van der Waals surface area contributed by atoms with Crippen LogP contribution < -0.4 is 14.8 Å². The number of nitrogens with one attached hydrogen (secondary N) is 2. The maximum Gasteiger partial charge on any atom is 0.261 e. The fourth-order valence-corrected chi connectivity index (χ4v) is 3.48. The van der Waals surface area contributed by atoms with E-state index in [2.05, 4.69) is 10.0 Å². The molecule has 6 heteroatoms. The molecule has 2 N–H and O–H groups in total. The second-order valence-corrected chi connectivity index (χ2v) is 7.54. The highest BCUT2D eigenvalue weighted by Crippen LogP contribution is 2.23. The highest BCUT2D eigenvalue weighted by Gasteiger charge is 2.13. The number of rotatable bonds is 6. The first kappa shape index (κ1) is 17.8. The van der Waals surface area contributed by atoms with Crippen molar-refractivity contribution in [1.82, 2.24) is 0 Å². The van der Waals surface area contributed by atoms with Crippen molar-refractivity contribution in [2.75, 3.05) is 17.1 Å². The van der Waals surface area contributed by atoms with Crippen LogP contribution in [0.5, 0.6) is 5.75 Å². The molecular weight excluding hydrogens is 348 g/mol. The van der Waals surface area contributed by atoms with Gasteiger partial charge in [0.25, 0.3) is 10.0 Å². The van der Waals surface area contributed by atoms with Crippen molar-refractivity contribution in [3.05, 3.63) is 78.4 Å². The Morgan fingerprint density at radius 3 is 2.12 bits per heavy atom. The molecule has 0 aromatic heterocycles. The maximum absolute atomic E-state index is 12.4. The van der Waals surface area contributed by atoms with Crippen molar-refractivity contribution >= 4 is 27.1 Å². The zero-order valence-electron chi connectivity index (χ0n) is 14.6. The van der Waals surface area contributed by atoms with Crippen LogP contribution in [-0.2, 0) is 10.0 Å². The lowest BCUT2D eigenvalue weighted by Gasteiger charge is -2.11. The van der Waals surface area contributed by atoms with Gasteiger partial charge in [-0.3, -0.25) is 4.72 Å². The Kier molecular flexibility index (Phi) is 5.14. The highest BCUT2D eigenvalue weighted by atomic mass is 32.2. The molecule has 0 radical (unpaired) electrons. The minimum atomic E-state index is -3.60. The third-order valence-electron chi connectivity index (χ3n) is 3.83. The van der Waals surface area contributed by atoms with Crippen LogP contribution in [0.3, 0.4) is 0 Å². The number of methoxy groups -OCH3 is 1. The quantitative estimate of drug-likeness (QED) is 0.670. The maximum atomic E-state index is 12.4. The fraction of sp³-hybridized carbons (Fsp3) is 0.100. The lowest BCUT2D eigenvalue weighted by molar-refractivity contribution is 0.415. The first-order valence-corrected chi connectivity index (χ1v) is 9.55. The third kappa shape index (κ3) is 4.34. The summed E-state index contributed by atoms with van der Waals surface area (Å²) in [6.45, 7) is 1.91. The van der Waals surface area contributed by atoms with Gasteiger partial charge in [-0.2, -0.15) is 0 Å². The van der Waals surface area contributed by atoms with E-state index in [-0.39, 0.29) is 4.90 Å². The van der Waals surface area contributed by atoms with Crippen molar-refractivity contribution in [3.63, 3.8) is 0 Å². The molecule has 0 unspecified atom stereocenters. The van der Waals surface area contributed by atoms with Gasteiger partial charge in [-0.05, 0) is 55.5 Å². The summed E-state index contributed by atoms with van der Waals surface area (Å²) in [5.74, 6) is 0.762. The van der Waals surface area contributed by atoms with Gasteiger partial charge in [0.2, 0.25) is 0 Å². The lowest BCUT2D eigenvalue weighted by atomic mass is 10.2. The van der Waals surface area contributed by atoms with Gasteiger partial charge in [0.15, 0.2) is 0 Å². The van der Waals surface area contributed by atoms with Gasteiger partial charge >= 0.3 is 0 Å².